The van der Waals surface area contributed by atoms with Gasteiger partial charge in [0.2, 0.25) is 5.88 Å². The summed E-state index contributed by atoms with van der Waals surface area (Å²) in [6, 6.07) is 4.77. The van der Waals surface area contributed by atoms with E-state index in [9.17, 15) is 9.18 Å². The van der Waals surface area contributed by atoms with Gasteiger partial charge in [0.1, 0.15) is 23.8 Å². The Morgan fingerprint density at radius 1 is 1.42 bits per heavy atom. The van der Waals surface area contributed by atoms with Crippen molar-refractivity contribution in [1.82, 2.24) is 4.90 Å². The number of hydrogen-bond donors (Lipinski definition) is 1. The van der Waals surface area contributed by atoms with Gasteiger partial charge in [0.05, 0.1) is 17.2 Å². The highest BCUT2D eigenvalue weighted by Gasteiger charge is 2.35. The van der Waals surface area contributed by atoms with Crippen molar-refractivity contribution in [3.63, 3.8) is 0 Å². The van der Waals surface area contributed by atoms with Crippen LogP contribution in [0.15, 0.2) is 32.6 Å². The molecule has 26 heavy (non-hydrogen) atoms. The third-order valence-corrected chi connectivity index (χ3v) is 4.72. The first-order valence-corrected chi connectivity index (χ1v) is 8.57. The summed E-state index contributed by atoms with van der Waals surface area (Å²) >= 11 is 0. The lowest BCUT2D eigenvalue weighted by atomic mass is 10.1. The highest BCUT2D eigenvalue weighted by molar-refractivity contribution is 6.19. The Bertz CT molecular complexity index is 961. The summed E-state index contributed by atoms with van der Waals surface area (Å²) in [4.78, 5) is 23.8. The summed E-state index contributed by atoms with van der Waals surface area (Å²) in [7, 11) is 0. The topological polar surface area (TPSA) is 70.2 Å². The van der Waals surface area contributed by atoms with Gasteiger partial charge >= 0.3 is 0 Å². The summed E-state index contributed by atoms with van der Waals surface area (Å²) in [5, 5.41) is 2.74. The zero-order valence-electron chi connectivity index (χ0n) is 14.8. The number of nitrogens with zero attached hydrogens (tertiary/aromatic N) is 3. The van der Waals surface area contributed by atoms with Gasteiger partial charge < -0.3 is 14.6 Å². The Hall–Kier alpha value is -2.96. The first-order chi connectivity index (χ1) is 12.5. The molecule has 0 radical (unpaired) electrons. The summed E-state index contributed by atoms with van der Waals surface area (Å²) < 4.78 is 19.4. The SMILES string of the molecule is CC[C@H]1CN2C=Nc3oc(C)c(C(=O)Nc4ccc(C)c(F)c4)c3C2=N1. The smallest absolute Gasteiger partial charge is 0.260 e. The predicted octanol–water partition coefficient (Wildman–Crippen LogP) is 3.80. The molecule has 0 bridgehead atoms. The number of nitrogens with one attached hydrogen (secondary N) is 1. The number of halogens is 1. The van der Waals surface area contributed by atoms with Crippen molar-refractivity contribution in [2.24, 2.45) is 9.98 Å². The van der Waals surface area contributed by atoms with Crippen molar-refractivity contribution in [2.75, 3.05) is 11.9 Å². The quantitative estimate of drug-likeness (QED) is 0.911. The fourth-order valence-electron chi connectivity index (χ4n) is 3.22. The van der Waals surface area contributed by atoms with Crippen molar-refractivity contribution in [2.45, 2.75) is 33.2 Å². The Balaban J connectivity index is 1.72. The maximum atomic E-state index is 13.8. The Kier molecular flexibility index (Phi) is 3.86. The van der Waals surface area contributed by atoms with E-state index in [-0.39, 0.29) is 17.8 Å². The van der Waals surface area contributed by atoms with Gasteiger partial charge in [0.15, 0.2) is 0 Å². The second-order valence-electron chi connectivity index (χ2n) is 6.54. The molecule has 1 atom stereocenters. The van der Waals surface area contributed by atoms with Crippen molar-refractivity contribution >= 4 is 29.7 Å². The molecule has 6 nitrogen and oxygen atoms in total. The molecular weight excluding hydrogens is 335 g/mol. The van der Waals surface area contributed by atoms with Crippen LogP contribution in [-0.2, 0) is 0 Å². The molecule has 0 spiro atoms. The molecule has 1 aromatic carbocycles. The van der Waals surface area contributed by atoms with Gasteiger partial charge in [0, 0.05) is 12.2 Å². The molecule has 1 N–H and O–H groups in total. The molecule has 0 saturated heterocycles. The molecule has 3 heterocycles. The number of amides is 1. The van der Waals surface area contributed by atoms with E-state index >= 15 is 0 Å². The predicted molar refractivity (Wildman–Crippen MR) is 98.0 cm³/mol. The summed E-state index contributed by atoms with van der Waals surface area (Å²) in [6.45, 7) is 6.21. The Labute approximate surface area is 150 Å². The number of rotatable bonds is 3. The van der Waals surface area contributed by atoms with Crippen LogP contribution in [0.4, 0.5) is 16.0 Å². The Morgan fingerprint density at radius 3 is 2.96 bits per heavy atom. The van der Waals surface area contributed by atoms with Gasteiger partial charge in [-0.1, -0.05) is 13.0 Å². The number of anilines is 1. The molecular formula is C19H19FN4O2. The zero-order valence-corrected chi connectivity index (χ0v) is 14.8. The number of amidine groups is 1. The summed E-state index contributed by atoms with van der Waals surface area (Å²) in [6.07, 6.45) is 2.60. The number of furan rings is 1. The minimum atomic E-state index is -0.365. The molecule has 2 aromatic rings. The highest BCUT2D eigenvalue weighted by Crippen LogP contribution is 2.35. The highest BCUT2D eigenvalue weighted by atomic mass is 19.1. The standard InChI is InChI=1S/C19H19FN4O2/c1-4-12-8-24-9-21-19-16(17(24)22-12)15(11(3)26-19)18(25)23-13-6-5-10(2)14(20)7-13/h5-7,9,12H,4,8H2,1-3H3,(H,23,25)/t12-/m0/s1. The van der Waals surface area contributed by atoms with Gasteiger partial charge in [-0.15, -0.1) is 0 Å². The van der Waals surface area contributed by atoms with E-state index in [0.29, 0.717) is 39.9 Å². The van der Waals surface area contributed by atoms with Gasteiger partial charge in [0.25, 0.3) is 5.91 Å². The molecule has 1 amide bonds. The maximum Gasteiger partial charge on any atom is 0.260 e. The third kappa shape index (κ3) is 2.60. The fraction of sp³-hybridized carbons (Fsp3) is 0.316. The van der Waals surface area contributed by atoms with Crippen molar-refractivity contribution in [3.05, 3.63) is 46.5 Å². The van der Waals surface area contributed by atoms with Gasteiger partial charge in [-0.25, -0.2) is 9.38 Å². The molecule has 0 unspecified atom stereocenters. The largest absolute Gasteiger partial charge is 0.442 e. The normalized spacial score (nSPS) is 17.8. The second kappa shape index (κ2) is 6.09. The van der Waals surface area contributed by atoms with Crippen LogP contribution in [0.5, 0.6) is 0 Å². The van der Waals surface area contributed by atoms with E-state index in [1.54, 1.807) is 32.3 Å². The van der Waals surface area contributed by atoms with Crippen LogP contribution in [0.25, 0.3) is 0 Å². The van der Waals surface area contributed by atoms with E-state index in [4.69, 9.17) is 9.41 Å². The van der Waals surface area contributed by atoms with E-state index in [2.05, 4.69) is 17.2 Å². The van der Waals surface area contributed by atoms with Crippen LogP contribution in [0.2, 0.25) is 0 Å². The van der Waals surface area contributed by atoms with Crippen LogP contribution in [0, 0.1) is 19.7 Å². The molecule has 2 aliphatic rings. The number of aliphatic imine (C=N–C) groups is 2. The zero-order chi connectivity index (χ0) is 18.4. The number of aryl methyl sites for hydroxylation is 2. The number of fused-ring (bicyclic) bond motifs is 3. The average molecular weight is 354 g/mol. The maximum absolute atomic E-state index is 13.8. The van der Waals surface area contributed by atoms with Crippen LogP contribution >= 0.6 is 0 Å². The summed E-state index contributed by atoms with van der Waals surface area (Å²) in [5.74, 6) is 0.820. The minimum absolute atomic E-state index is 0.166. The van der Waals surface area contributed by atoms with Crippen molar-refractivity contribution < 1.29 is 13.6 Å². The van der Waals surface area contributed by atoms with Crippen molar-refractivity contribution in [3.8, 4) is 0 Å². The average Bonchev–Trinajstić information content (AvgIpc) is 3.17. The molecule has 1 aromatic heterocycles. The molecule has 134 valence electrons. The monoisotopic (exact) mass is 354 g/mol. The van der Waals surface area contributed by atoms with Crippen LogP contribution in [-0.4, -0.2) is 35.6 Å². The molecule has 0 aliphatic carbocycles. The van der Waals surface area contributed by atoms with Crippen LogP contribution in [0.3, 0.4) is 0 Å². The molecule has 4 rings (SSSR count). The van der Waals surface area contributed by atoms with E-state index in [1.165, 1.54) is 6.07 Å². The second-order valence-corrected chi connectivity index (χ2v) is 6.54. The number of benzene rings is 1. The van der Waals surface area contributed by atoms with E-state index in [0.717, 1.165) is 13.0 Å². The Morgan fingerprint density at radius 2 is 2.23 bits per heavy atom. The van der Waals surface area contributed by atoms with Crippen LogP contribution < -0.4 is 5.32 Å². The number of hydrogen-bond acceptors (Lipinski definition) is 5. The fourth-order valence-corrected chi connectivity index (χ4v) is 3.22. The lowest BCUT2D eigenvalue weighted by Crippen LogP contribution is -2.31. The number of carbonyl (C=O) groups excluding carboxylic acids is 1. The number of carbonyl (C=O) groups is 1. The molecule has 0 saturated carbocycles. The van der Waals surface area contributed by atoms with E-state index < -0.39 is 0 Å². The lowest BCUT2D eigenvalue weighted by molar-refractivity contribution is 0.102. The lowest BCUT2D eigenvalue weighted by Gasteiger charge is -2.18. The first-order valence-electron chi connectivity index (χ1n) is 8.57. The van der Waals surface area contributed by atoms with E-state index in [1.807, 2.05) is 4.90 Å². The first kappa shape index (κ1) is 16.5. The van der Waals surface area contributed by atoms with Gasteiger partial charge in [-0.3, -0.25) is 9.79 Å². The third-order valence-electron chi connectivity index (χ3n) is 4.72. The summed E-state index contributed by atoms with van der Waals surface area (Å²) in [5.41, 5.74) is 1.91. The van der Waals surface area contributed by atoms with Crippen LogP contribution in [0.1, 0.15) is 40.6 Å². The van der Waals surface area contributed by atoms with Crippen molar-refractivity contribution in [1.29, 1.82) is 0 Å². The minimum Gasteiger partial charge on any atom is -0.442 e. The molecule has 0 fully saturated rings. The van der Waals surface area contributed by atoms with Gasteiger partial charge in [-0.2, -0.15) is 0 Å². The molecule has 7 heteroatoms. The molecule has 2 aliphatic heterocycles. The van der Waals surface area contributed by atoms with Gasteiger partial charge in [-0.05, 0) is 38.0 Å².